The Bertz CT molecular complexity index is 1240. The molecule has 2 N–H and O–H groups in total. The highest BCUT2D eigenvalue weighted by Crippen LogP contribution is 2.31. The molecule has 0 spiro atoms. The Labute approximate surface area is 176 Å². The molecule has 3 aromatic rings. The first kappa shape index (κ1) is 22.1. The van der Waals surface area contributed by atoms with E-state index in [1.165, 1.54) is 6.07 Å². The van der Waals surface area contributed by atoms with E-state index in [1.54, 1.807) is 42.2 Å². The van der Waals surface area contributed by atoms with Crippen LogP contribution in [0.4, 0.5) is 4.39 Å². The molecule has 0 aliphatic heterocycles. The van der Waals surface area contributed by atoms with Gasteiger partial charge in [-0.1, -0.05) is 33.8 Å². The number of nitrogens with two attached hydrogens (primary N) is 1. The van der Waals surface area contributed by atoms with Gasteiger partial charge in [-0.15, -0.1) is 4.36 Å². The Hall–Kier alpha value is -2.58. The van der Waals surface area contributed by atoms with Gasteiger partial charge >= 0.3 is 0 Å². The maximum atomic E-state index is 14.5. The fraction of sp³-hybridized carbons (Fsp3) is 0.364. The summed E-state index contributed by atoms with van der Waals surface area (Å²) in [6.45, 7) is 7.72. The summed E-state index contributed by atoms with van der Waals surface area (Å²) >= 11 is 0. The van der Waals surface area contributed by atoms with E-state index in [-0.39, 0.29) is 29.0 Å². The van der Waals surface area contributed by atoms with E-state index < -0.39 is 15.8 Å². The Balaban J connectivity index is 2.02. The third kappa shape index (κ3) is 4.29. The van der Waals surface area contributed by atoms with Gasteiger partial charge < -0.3 is 0 Å². The number of amides is 1. The van der Waals surface area contributed by atoms with Gasteiger partial charge in [0.25, 0.3) is 5.91 Å². The van der Waals surface area contributed by atoms with Crippen LogP contribution in [0.1, 0.15) is 56.2 Å². The zero-order valence-electron chi connectivity index (χ0n) is 17.8. The number of aryl methyl sites for hydroxylation is 1. The molecule has 30 heavy (non-hydrogen) atoms. The van der Waals surface area contributed by atoms with E-state index in [4.69, 9.17) is 5.14 Å². The van der Waals surface area contributed by atoms with Crippen molar-refractivity contribution in [3.63, 3.8) is 0 Å². The molecule has 0 saturated heterocycles. The molecule has 0 radical (unpaired) electrons. The minimum Gasteiger partial charge on any atom is -0.272 e. The number of fused-ring (bicyclic) bond motifs is 1. The second-order valence-corrected chi connectivity index (χ2v) is 9.85. The lowest BCUT2D eigenvalue weighted by Gasteiger charge is -2.19. The van der Waals surface area contributed by atoms with Crippen molar-refractivity contribution in [3.8, 4) is 0 Å². The molecule has 1 atom stereocenters. The number of carbonyl (C=O) groups excluding carboxylic acids is 1. The molecule has 3 rings (SSSR count). The highest BCUT2D eigenvalue weighted by atomic mass is 32.2. The molecule has 0 saturated carbocycles. The molecular formula is C22H27FN4O2S. The van der Waals surface area contributed by atoms with E-state index in [9.17, 15) is 13.4 Å². The predicted octanol–water partition coefficient (Wildman–Crippen LogP) is 4.43. The molecule has 0 bridgehead atoms. The van der Waals surface area contributed by atoms with Gasteiger partial charge in [0.05, 0.1) is 23.0 Å². The van der Waals surface area contributed by atoms with Crippen LogP contribution in [0.5, 0.6) is 0 Å². The molecule has 6 nitrogen and oxygen atoms in total. The fourth-order valence-corrected chi connectivity index (χ4v) is 4.76. The lowest BCUT2D eigenvalue weighted by Crippen LogP contribution is -2.17. The number of hydrogen-bond acceptors (Lipinski definition) is 3. The van der Waals surface area contributed by atoms with Crippen LogP contribution >= 0.6 is 0 Å². The molecule has 160 valence electrons. The predicted molar refractivity (Wildman–Crippen MR) is 117 cm³/mol. The fourth-order valence-electron chi connectivity index (χ4n) is 3.73. The van der Waals surface area contributed by atoms with E-state index in [1.807, 2.05) is 27.7 Å². The number of benzene rings is 2. The number of halogens is 1. The Morgan fingerprint density at radius 3 is 2.53 bits per heavy atom. The van der Waals surface area contributed by atoms with Gasteiger partial charge in [-0.2, -0.15) is 5.10 Å². The van der Waals surface area contributed by atoms with Gasteiger partial charge in [-0.05, 0) is 52.8 Å². The molecule has 0 aliphatic carbocycles. The minimum absolute atomic E-state index is 0.0983. The lowest BCUT2D eigenvalue weighted by atomic mass is 9.86. The smallest absolute Gasteiger partial charge is 0.259 e. The molecule has 1 heterocycles. The van der Waals surface area contributed by atoms with E-state index in [0.717, 1.165) is 16.5 Å². The quantitative estimate of drug-likeness (QED) is 0.649. The van der Waals surface area contributed by atoms with Gasteiger partial charge in [0.15, 0.2) is 0 Å². The average molecular weight is 431 g/mol. The monoisotopic (exact) mass is 430 g/mol. The molecule has 2 aromatic carbocycles. The Kier molecular flexibility index (Phi) is 6.10. The maximum absolute atomic E-state index is 14.5. The van der Waals surface area contributed by atoms with Gasteiger partial charge in [-0.3, -0.25) is 9.48 Å². The first-order valence-corrected chi connectivity index (χ1v) is 11.4. The molecule has 1 amide bonds. The topological polar surface area (TPSA) is 90.3 Å². The van der Waals surface area contributed by atoms with Crippen molar-refractivity contribution in [1.82, 2.24) is 9.78 Å². The van der Waals surface area contributed by atoms with Crippen molar-refractivity contribution < 1.29 is 13.4 Å². The minimum atomic E-state index is -3.44. The molecule has 1 unspecified atom stereocenters. The van der Waals surface area contributed by atoms with E-state index >= 15 is 0 Å². The summed E-state index contributed by atoms with van der Waals surface area (Å²) in [4.78, 5) is 13.0. The van der Waals surface area contributed by atoms with Crippen molar-refractivity contribution in [3.05, 3.63) is 59.0 Å². The van der Waals surface area contributed by atoms with Crippen LogP contribution in [0, 0.1) is 5.82 Å². The first-order chi connectivity index (χ1) is 14.0. The van der Waals surface area contributed by atoms with Crippen molar-refractivity contribution in [1.29, 1.82) is 0 Å². The highest BCUT2D eigenvalue weighted by molar-refractivity contribution is 7.91. The Morgan fingerprint density at radius 1 is 1.20 bits per heavy atom. The van der Waals surface area contributed by atoms with Crippen LogP contribution in [0.25, 0.3) is 10.9 Å². The first-order valence-electron chi connectivity index (χ1n) is 9.82. The molecule has 0 fully saturated rings. The van der Waals surface area contributed by atoms with Crippen molar-refractivity contribution in [2.24, 2.45) is 16.5 Å². The lowest BCUT2D eigenvalue weighted by molar-refractivity contribution is -0.117. The Morgan fingerprint density at radius 2 is 1.90 bits per heavy atom. The van der Waals surface area contributed by atoms with Crippen LogP contribution < -0.4 is 5.14 Å². The van der Waals surface area contributed by atoms with Crippen molar-refractivity contribution in [2.75, 3.05) is 0 Å². The van der Waals surface area contributed by atoms with E-state index in [2.05, 4.69) is 9.46 Å². The van der Waals surface area contributed by atoms with Crippen LogP contribution in [0.15, 0.2) is 45.8 Å². The summed E-state index contributed by atoms with van der Waals surface area (Å²) in [7, 11) is -1.64. The number of hydrogen-bond donors (Lipinski definition) is 1. The summed E-state index contributed by atoms with van der Waals surface area (Å²) in [5.74, 6) is -1.00. The highest BCUT2D eigenvalue weighted by Gasteiger charge is 2.21. The second-order valence-electron chi connectivity index (χ2n) is 8.06. The number of aromatic nitrogens is 2. The number of rotatable bonds is 5. The maximum Gasteiger partial charge on any atom is 0.259 e. The molecule has 1 aromatic heterocycles. The summed E-state index contributed by atoms with van der Waals surface area (Å²) < 4.78 is 33.1. The van der Waals surface area contributed by atoms with Crippen LogP contribution in [0.2, 0.25) is 0 Å². The van der Waals surface area contributed by atoms with Gasteiger partial charge in [0.2, 0.25) is 0 Å². The third-order valence-electron chi connectivity index (χ3n) is 5.16. The number of carbonyl (C=O) groups is 1. The zero-order chi connectivity index (χ0) is 22.2. The summed E-state index contributed by atoms with van der Waals surface area (Å²) in [6, 6.07) is 8.09. The second kappa shape index (κ2) is 8.28. The van der Waals surface area contributed by atoms with Gasteiger partial charge in [0.1, 0.15) is 15.7 Å². The standard InChI is InChI=1S/C22H27FN4O2S/c1-13(2)17-7-8-19(23)22(14(3)4)18(17)11-21(28)26-30(24,29)16-6-9-20-15(10-16)12-25-27(20)5/h6-10,12-14H,11H2,1-5H3,(H2,24,26,28,29). The van der Waals surface area contributed by atoms with Gasteiger partial charge in [-0.25, -0.2) is 13.7 Å². The largest absolute Gasteiger partial charge is 0.272 e. The zero-order valence-corrected chi connectivity index (χ0v) is 18.7. The third-order valence-corrected chi connectivity index (χ3v) is 6.56. The van der Waals surface area contributed by atoms with Crippen molar-refractivity contribution >= 4 is 26.7 Å². The molecule has 0 aliphatic rings. The average Bonchev–Trinajstić information content (AvgIpc) is 3.01. The normalized spacial score (nSPS) is 13.8. The summed E-state index contributed by atoms with van der Waals surface area (Å²) in [6.07, 6.45) is 1.48. The summed E-state index contributed by atoms with van der Waals surface area (Å²) in [5.41, 5.74) is 2.82. The van der Waals surface area contributed by atoms with E-state index in [0.29, 0.717) is 11.1 Å². The molecule has 8 heteroatoms. The van der Waals surface area contributed by atoms with Crippen LogP contribution in [-0.2, 0) is 28.2 Å². The molecular weight excluding hydrogens is 403 g/mol. The van der Waals surface area contributed by atoms with Crippen LogP contribution in [0.3, 0.4) is 0 Å². The van der Waals surface area contributed by atoms with Gasteiger partial charge in [0, 0.05) is 12.4 Å². The van der Waals surface area contributed by atoms with Crippen LogP contribution in [-0.4, -0.2) is 19.9 Å². The number of nitrogens with zero attached hydrogens (tertiary/aromatic N) is 3. The van der Waals surface area contributed by atoms with Crippen molar-refractivity contribution in [2.45, 2.75) is 50.8 Å². The summed E-state index contributed by atoms with van der Waals surface area (Å²) in [5, 5.41) is 10.9. The SMILES string of the molecule is CC(C)c1ccc(F)c(C(C)C)c1CC(=O)N=S(N)(=O)c1ccc2c(cnn2C)c1.